The number of carbonyl (C=O) groups excluding carboxylic acids is 1. The molecule has 1 amide bonds. The molecule has 0 fully saturated rings. The Morgan fingerprint density at radius 1 is 1.22 bits per heavy atom. The number of carbonyl (C=O) groups is 1. The maximum absolute atomic E-state index is 13.9. The fourth-order valence-electron chi connectivity index (χ4n) is 1.99. The van der Waals surface area contributed by atoms with Gasteiger partial charge in [-0.05, 0) is 36.4 Å². The standard InChI is InChI=1S/C17H15F2N3O4S/c1-26-17(15-12(18)3-2-4-13(15)19)22-14(16(20)23)9-21-10-5-7-11(8-6-10)27(24)25/h2-9,21H,1H3,(H2,20,23)(H,24,25)/b14-9+,22-17?. The monoisotopic (exact) mass is 395 g/mol. The molecule has 1 unspecified atom stereocenters. The van der Waals surface area contributed by atoms with E-state index in [2.05, 4.69) is 10.3 Å². The molecule has 10 heteroatoms. The summed E-state index contributed by atoms with van der Waals surface area (Å²) in [5, 5.41) is 2.71. The van der Waals surface area contributed by atoms with Gasteiger partial charge in [0.25, 0.3) is 5.91 Å². The minimum Gasteiger partial charge on any atom is -0.480 e. The van der Waals surface area contributed by atoms with Crippen LogP contribution in [0.3, 0.4) is 0 Å². The average Bonchev–Trinajstić information content (AvgIpc) is 2.63. The van der Waals surface area contributed by atoms with Gasteiger partial charge < -0.3 is 20.3 Å². The van der Waals surface area contributed by atoms with Gasteiger partial charge in [-0.25, -0.2) is 18.0 Å². The molecule has 0 aliphatic carbocycles. The van der Waals surface area contributed by atoms with Gasteiger partial charge in [-0.1, -0.05) is 6.07 Å². The van der Waals surface area contributed by atoms with Crippen LogP contribution in [0.2, 0.25) is 0 Å². The fraction of sp³-hybridized carbons (Fsp3) is 0.0588. The van der Waals surface area contributed by atoms with Crippen molar-refractivity contribution in [2.45, 2.75) is 4.90 Å². The number of hydrogen-bond donors (Lipinski definition) is 3. The molecule has 0 spiro atoms. The number of halogens is 2. The summed E-state index contributed by atoms with van der Waals surface area (Å²) in [5.74, 6) is -3.27. The van der Waals surface area contributed by atoms with E-state index in [0.29, 0.717) is 5.69 Å². The first-order valence-electron chi connectivity index (χ1n) is 7.38. The van der Waals surface area contributed by atoms with Crippen molar-refractivity contribution in [3.8, 4) is 0 Å². The lowest BCUT2D eigenvalue weighted by atomic mass is 10.2. The molecule has 0 saturated carbocycles. The highest BCUT2D eigenvalue weighted by Gasteiger charge is 2.17. The van der Waals surface area contributed by atoms with Gasteiger partial charge in [0.2, 0.25) is 5.90 Å². The Hall–Kier alpha value is -3.11. The van der Waals surface area contributed by atoms with Crippen molar-refractivity contribution in [1.29, 1.82) is 0 Å². The van der Waals surface area contributed by atoms with Crippen molar-refractivity contribution in [2.24, 2.45) is 10.7 Å². The van der Waals surface area contributed by atoms with Gasteiger partial charge >= 0.3 is 0 Å². The SMILES string of the molecule is COC(=N/C(=C/Nc1ccc(S(=O)O)cc1)C(N)=O)c1c(F)cccc1F. The van der Waals surface area contributed by atoms with Crippen LogP contribution in [-0.4, -0.2) is 27.7 Å². The number of amides is 1. The van der Waals surface area contributed by atoms with E-state index >= 15 is 0 Å². The van der Waals surface area contributed by atoms with E-state index < -0.39 is 40.1 Å². The number of methoxy groups -OCH3 is 1. The van der Waals surface area contributed by atoms with E-state index in [-0.39, 0.29) is 10.6 Å². The van der Waals surface area contributed by atoms with Crippen LogP contribution in [0.1, 0.15) is 5.56 Å². The minimum absolute atomic E-state index is 0.189. The summed E-state index contributed by atoms with van der Waals surface area (Å²) < 4.78 is 52.6. The second kappa shape index (κ2) is 9.01. The zero-order chi connectivity index (χ0) is 20.0. The number of nitrogens with zero attached hydrogens (tertiary/aromatic N) is 1. The summed E-state index contributed by atoms with van der Waals surface area (Å²) >= 11 is -2.12. The van der Waals surface area contributed by atoms with Gasteiger partial charge in [-0.3, -0.25) is 4.79 Å². The predicted octanol–water partition coefficient (Wildman–Crippen LogP) is 2.38. The fourth-order valence-corrected chi connectivity index (χ4v) is 2.36. The first-order chi connectivity index (χ1) is 12.8. The molecule has 0 aromatic heterocycles. The van der Waals surface area contributed by atoms with Crippen molar-refractivity contribution < 1.29 is 27.1 Å². The Balaban J connectivity index is 2.35. The molecule has 0 aliphatic rings. The highest BCUT2D eigenvalue weighted by atomic mass is 32.2. The molecule has 7 nitrogen and oxygen atoms in total. The molecular weight excluding hydrogens is 380 g/mol. The zero-order valence-electron chi connectivity index (χ0n) is 14.0. The molecule has 2 aromatic rings. The van der Waals surface area contributed by atoms with E-state index in [0.717, 1.165) is 25.4 Å². The second-order valence-corrected chi connectivity index (χ2v) is 6.00. The van der Waals surface area contributed by atoms with Crippen LogP contribution in [0, 0.1) is 11.6 Å². The Morgan fingerprint density at radius 2 is 1.81 bits per heavy atom. The summed E-state index contributed by atoms with van der Waals surface area (Å²) in [6.07, 6.45) is 1.12. The largest absolute Gasteiger partial charge is 0.480 e. The molecule has 4 N–H and O–H groups in total. The molecule has 0 heterocycles. The number of aliphatic imine (C=N–C) groups is 1. The number of nitrogens with one attached hydrogen (secondary N) is 1. The molecular formula is C17H15F2N3O4S. The van der Waals surface area contributed by atoms with Crippen LogP contribution in [-0.2, 0) is 20.6 Å². The van der Waals surface area contributed by atoms with Gasteiger partial charge in [0.05, 0.1) is 12.0 Å². The Labute approximate surface area is 155 Å². The smallest absolute Gasteiger partial charge is 0.268 e. The van der Waals surface area contributed by atoms with E-state index in [1.54, 1.807) is 0 Å². The molecule has 2 aromatic carbocycles. The molecule has 142 valence electrons. The van der Waals surface area contributed by atoms with Crippen molar-refractivity contribution in [3.63, 3.8) is 0 Å². The molecule has 0 radical (unpaired) electrons. The summed E-state index contributed by atoms with van der Waals surface area (Å²) in [4.78, 5) is 15.6. The number of nitrogens with two attached hydrogens (primary N) is 1. The minimum atomic E-state index is -2.12. The van der Waals surface area contributed by atoms with Crippen molar-refractivity contribution >= 4 is 28.6 Å². The summed E-state index contributed by atoms with van der Waals surface area (Å²) in [5.41, 5.74) is 4.81. The topological polar surface area (TPSA) is 114 Å². The maximum atomic E-state index is 13.9. The lowest BCUT2D eigenvalue weighted by Crippen LogP contribution is -2.17. The van der Waals surface area contributed by atoms with Gasteiger partial charge in [-0.15, -0.1) is 0 Å². The van der Waals surface area contributed by atoms with E-state index in [4.69, 9.17) is 15.0 Å². The number of rotatable bonds is 6. The van der Waals surface area contributed by atoms with Crippen LogP contribution in [0.4, 0.5) is 14.5 Å². The third-order valence-electron chi connectivity index (χ3n) is 3.28. The molecule has 2 rings (SSSR count). The number of benzene rings is 2. The van der Waals surface area contributed by atoms with Crippen LogP contribution in [0.5, 0.6) is 0 Å². The summed E-state index contributed by atoms with van der Waals surface area (Å²) in [6.45, 7) is 0. The average molecular weight is 395 g/mol. The highest BCUT2D eigenvalue weighted by molar-refractivity contribution is 7.79. The Kier molecular flexibility index (Phi) is 6.74. The number of ether oxygens (including phenoxy) is 1. The number of primary amides is 1. The quantitative estimate of drug-likeness (QED) is 0.301. The van der Waals surface area contributed by atoms with Gasteiger partial charge in [0, 0.05) is 11.9 Å². The predicted molar refractivity (Wildman–Crippen MR) is 96.3 cm³/mol. The van der Waals surface area contributed by atoms with Gasteiger partial charge in [0.1, 0.15) is 22.9 Å². The van der Waals surface area contributed by atoms with Crippen LogP contribution < -0.4 is 11.1 Å². The molecule has 0 bridgehead atoms. The maximum Gasteiger partial charge on any atom is 0.268 e. The second-order valence-electron chi connectivity index (χ2n) is 5.03. The van der Waals surface area contributed by atoms with Gasteiger partial charge in [-0.2, -0.15) is 0 Å². The lowest BCUT2D eigenvalue weighted by molar-refractivity contribution is -0.114. The van der Waals surface area contributed by atoms with Crippen LogP contribution >= 0.6 is 0 Å². The lowest BCUT2D eigenvalue weighted by Gasteiger charge is -2.08. The summed E-state index contributed by atoms with van der Waals surface area (Å²) in [7, 11) is 1.14. The van der Waals surface area contributed by atoms with E-state index in [1.165, 1.54) is 30.3 Å². The first-order valence-corrected chi connectivity index (χ1v) is 8.48. The van der Waals surface area contributed by atoms with E-state index in [9.17, 15) is 17.8 Å². The van der Waals surface area contributed by atoms with Crippen LogP contribution in [0.25, 0.3) is 0 Å². The Morgan fingerprint density at radius 3 is 2.30 bits per heavy atom. The first kappa shape index (κ1) is 20.2. The third kappa shape index (κ3) is 5.19. The zero-order valence-corrected chi connectivity index (χ0v) is 14.8. The molecule has 27 heavy (non-hydrogen) atoms. The Bertz CT molecular complexity index is 910. The number of anilines is 1. The molecule has 0 saturated heterocycles. The van der Waals surface area contributed by atoms with Gasteiger partial charge in [0.15, 0.2) is 11.1 Å². The van der Waals surface area contributed by atoms with Crippen molar-refractivity contribution in [3.05, 3.63) is 71.6 Å². The molecule has 0 aliphatic heterocycles. The molecule has 1 atom stereocenters. The summed E-state index contributed by atoms with van der Waals surface area (Å²) in [6, 6.07) is 8.98. The van der Waals surface area contributed by atoms with Crippen molar-refractivity contribution in [1.82, 2.24) is 0 Å². The van der Waals surface area contributed by atoms with Crippen LogP contribution in [0.15, 0.2) is 64.2 Å². The third-order valence-corrected chi connectivity index (χ3v) is 3.95. The normalized spacial score (nSPS) is 13.2. The van der Waals surface area contributed by atoms with E-state index in [1.807, 2.05) is 0 Å². The number of hydrogen-bond acceptors (Lipinski definition) is 5. The highest BCUT2D eigenvalue weighted by Crippen LogP contribution is 2.16. The van der Waals surface area contributed by atoms with Crippen molar-refractivity contribution in [2.75, 3.05) is 12.4 Å².